The standard InChI is InChI=1S/C27H23N5O3/c33-24-15-8-16-31(24)22-14-7-11-20(17-22)26(34)28-29-27(35)23-18-32(21-12-5-2-6-13-21)30-25(23)19-9-3-1-4-10-19/h1-7,9-14,17-18H,8,15-16H2,(H,28,34)(H,29,35). The van der Waals surface area contributed by atoms with E-state index in [4.69, 9.17) is 0 Å². The molecular formula is C27H23N5O3. The summed E-state index contributed by atoms with van der Waals surface area (Å²) in [5.74, 6) is -0.937. The molecule has 0 radical (unpaired) electrons. The predicted molar refractivity (Wildman–Crippen MR) is 132 cm³/mol. The summed E-state index contributed by atoms with van der Waals surface area (Å²) in [5, 5.41) is 4.63. The topological polar surface area (TPSA) is 96.3 Å². The summed E-state index contributed by atoms with van der Waals surface area (Å²) < 4.78 is 1.63. The number of nitrogens with one attached hydrogen (secondary N) is 2. The number of carbonyl (C=O) groups excluding carboxylic acids is 3. The minimum Gasteiger partial charge on any atom is -0.312 e. The van der Waals surface area contributed by atoms with Crippen molar-refractivity contribution in [1.82, 2.24) is 20.6 Å². The Morgan fingerprint density at radius 1 is 0.800 bits per heavy atom. The number of hydrogen-bond donors (Lipinski definition) is 2. The third-order valence-corrected chi connectivity index (χ3v) is 5.81. The lowest BCUT2D eigenvalue weighted by molar-refractivity contribution is -0.117. The van der Waals surface area contributed by atoms with Crippen molar-refractivity contribution in [2.24, 2.45) is 0 Å². The molecule has 1 saturated heterocycles. The molecule has 1 fully saturated rings. The van der Waals surface area contributed by atoms with E-state index in [-0.39, 0.29) is 5.91 Å². The maximum atomic E-state index is 13.1. The first-order valence-corrected chi connectivity index (χ1v) is 11.3. The molecule has 8 nitrogen and oxygen atoms in total. The van der Waals surface area contributed by atoms with Gasteiger partial charge in [-0.05, 0) is 36.8 Å². The molecule has 2 N–H and O–H groups in total. The van der Waals surface area contributed by atoms with Gasteiger partial charge in [-0.2, -0.15) is 5.10 Å². The van der Waals surface area contributed by atoms with Crippen molar-refractivity contribution in [3.8, 4) is 16.9 Å². The summed E-state index contributed by atoms with van der Waals surface area (Å²) >= 11 is 0. The van der Waals surface area contributed by atoms with E-state index < -0.39 is 11.8 Å². The van der Waals surface area contributed by atoms with Gasteiger partial charge in [-0.1, -0.05) is 54.6 Å². The van der Waals surface area contributed by atoms with Crippen molar-refractivity contribution in [3.63, 3.8) is 0 Å². The smallest absolute Gasteiger partial charge is 0.273 e. The fourth-order valence-corrected chi connectivity index (χ4v) is 4.05. The molecular weight excluding hydrogens is 442 g/mol. The van der Waals surface area contributed by atoms with Crippen molar-refractivity contribution in [3.05, 3.63) is 102 Å². The molecule has 35 heavy (non-hydrogen) atoms. The Labute approximate surface area is 202 Å². The number of anilines is 1. The predicted octanol–water partition coefficient (Wildman–Crippen LogP) is 3.74. The van der Waals surface area contributed by atoms with Gasteiger partial charge in [0.05, 0.1) is 11.3 Å². The number of nitrogens with zero attached hydrogens (tertiary/aromatic N) is 3. The van der Waals surface area contributed by atoms with Crippen molar-refractivity contribution >= 4 is 23.4 Å². The zero-order chi connectivity index (χ0) is 24.2. The lowest BCUT2D eigenvalue weighted by Crippen LogP contribution is -2.41. The van der Waals surface area contributed by atoms with Gasteiger partial charge in [0.2, 0.25) is 5.91 Å². The van der Waals surface area contributed by atoms with E-state index in [1.165, 1.54) is 0 Å². The van der Waals surface area contributed by atoms with Gasteiger partial charge >= 0.3 is 0 Å². The lowest BCUT2D eigenvalue weighted by atomic mass is 10.1. The Kier molecular flexibility index (Phi) is 6.09. The summed E-state index contributed by atoms with van der Waals surface area (Å²) in [7, 11) is 0. The third-order valence-electron chi connectivity index (χ3n) is 5.81. The molecule has 0 aliphatic carbocycles. The normalized spacial score (nSPS) is 13.0. The molecule has 4 aromatic rings. The van der Waals surface area contributed by atoms with Gasteiger partial charge in [0, 0.05) is 36.0 Å². The monoisotopic (exact) mass is 465 g/mol. The molecule has 3 amide bonds. The molecule has 2 heterocycles. The first-order chi connectivity index (χ1) is 17.1. The van der Waals surface area contributed by atoms with Crippen LogP contribution < -0.4 is 15.8 Å². The van der Waals surface area contributed by atoms with E-state index in [0.29, 0.717) is 35.5 Å². The fourth-order valence-electron chi connectivity index (χ4n) is 4.05. The maximum absolute atomic E-state index is 13.1. The fraction of sp³-hybridized carbons (Fsp3) is 0.111. The minimum atomic E-state index is -0.495. The van der Waals surface area contributed by atoms with Crippen LogP contribution in [0.1, 0.15) is 33.6 Å². The number of benzene rings is 3. The number of hydrogen-bond acceptors (Lipinski definition) is 4. The Bertz CT molecular complexity index is 1380. The summed E-state index contributed by atoms with van der Waals surface area (Å²) in [6.07, 6.45) is 2.94. The number of aromatic nitrogens is 2. The minimum absolute atomic E-state index is 0.0414. The molecule has 8 heteroatoms. The van der Waals surface area contributed by atoms with Crippen LogP contribution in [0, 0.1) is 0 Å². The van der Waals surface area contributed by atoms with Crippen LogP contribution in [-0.4, -0.2) is 34.0 Å². The lowest BCUT2D eigenvalue weighted by Gasteiger charge is -2.16. The molecule has 5 rings (SSSR count). The zero-order valence-electron chi connectivity index (χ0n) is 18.8. The summed E-state index contributed by atoms with van der Waals surface area (Å²) in [4.78, 5) is 39.6. The Morgan fingerprint density at radius 3 is 2.20 bits per heavy atom. The van der Waals surface area contributed by atoms with Crippen molar-refractivity contribution in [2.75, 3.05) is 11.4 Å². The van der Waals surface area contributed by atoms with Crippen LogP contribution in [0.5, 0.6) is 0 Å². The van der Waals surface area contributed by atoms with Crippen LogP contribution in [0.3, 0.4) is 0 Å². The van der Waals surface area contributed by atoms with Gasteiger partial charge in [0.15, 0.2) is 0 Å². The highest BCUT2D eigenvalue weighted by Gasteiger charge is 2.23. The van der Waals surface area contributed by atoms with E-state index in [9.17, 15) is 14.4 Å². The highest BCUT2D eigenvalue weighted by molar-refractivity contribution is 6.03. The molecule has 3 aromatic carbocycles. The first kappa shape index (κ1) is 22.1. The van der Waals surface area contributed by atoms with Crippen LogP contribution in [0.25, 0.3) is 16.9 Å². The van der Waals surface area contributed by atoms with Gasteiger partial charge in [-0.15, -0.1) is 0 Å². The average molecular weight is 466 g/mol. The second-order valence-corrected chi connectivity index (χ2v) is 8.15. The Morgan fingerprint density at radius 2 is 1.49 bits per heavy atom. The number of para-hydroxylation sites is 1. The van der Waals surface area contributed by atoms with Crippen molar-refractivity contribution in [2.45, 2.75) is 12.8 Å². The molecule has 0 spiro atoms. The van der Waals surface area contributed by atoms with E-state index in [1.54, 1.807) is 40.0 Å². The molecule has 1 aliphatic rings. The van der Waals surface area contributed by atoms with E-state index in [1.807, 2.05) is 60.7 Å². The third kappa shape index (κ3) is 4.67. The van der Waals surface area contributed by atoms with E-state index in [2.05, 4.69) is 16.0 Å². The van der Waals surface area contributed by atoms with Crippen LogP contribution in [0.4, 0.5) is 5.69 Å². The van der Waals surface area contributed by atoms with Crippen LogP contribution >= 0.6 is 0 Å². The highest BCUT2D eigenvalue weighted by Crippen LogP contribution is 2.24. The number of amides is 3. The van der Waals surface area contributed by atoms with Crippen LogP contribution in [0.2, 0.25) is 0 Å². The molecule has 0 unspecified atom stereocenters. The van der Waals surface area contributed by atoms with Gasteiger partial charge in [-0.25, -0.2) is 4.68 Å². The van der Waals surface area contributed by atoms with Gasteiger partial charge in [-0.3, -0.25) is 25.2 Å². The van der Waals surface area contributed by atoms with Crippen LogP contribution in [0.15, 0.2) is 91.1 Å². The quantitative estimate of drug-likeness (QED) is 0.439. The van der Waals surface area contributed by atoms with Crippen molar-refractivity contribution < 1.29 is 14.4 Å². The molecule has 1 aliphatic heterocycles. The van der Waals surface area contributed by atoms with Gasteiger partial charge in [0.1, 0.15) is 5.69 Å². The number of rotatable bonds is 5. The van der Waals surface area contributed by atoms with E-state index >= 15 is 0 Å². The second kappa shape index (κ2) is 9.64. The van der Waals surface area contributed by atoms with E-state index in [0.717, 1.165) is 17.7 Å². The highest BCUT2D eigenvalue weighted by atomic mass is 16.2. The Hall–Kier alpha value is -4.72. The zero-order valence-corrected chi connectivity index (χ0v) is 18.8. The summed E-state index contributed by atoms with van der Waals surface area (Å²) in [6, 6.07) is 25.6. The van der Waals surface area contributed by atoms with Gasteiger partial charge < -0.3 is 4.90 Å². The summed E-state index contributed by atoms with van der Waals surface area (Å²) in [6.45, 7) is 0.633. The molecule has 0 bridgehead atoms. The molecule has 1 aromatic heterocycles. The Balaban J connectivity index is 1.36. The van der Waals surface area contributed by atoms with Crippen LogP contribution in [-0.2, 0) is 4.79 Å². The second-order valence-electron chi connectivity index (χ2n) is 8.15. The number of carbonyl (C=O) groups is 3. The SMILES string of the molecule is O=C(NNC(=O)c1cn(-c2ccccc2)nc1-c1ccccc1)c1cccc(N2CCCC2=O)c1. The first-order valence-electron chi connectivity index (χ1n) is 11.3. The maximum Gasteiger partial charge on any atom is 0.273 e. The molecule has 174 valence electrons. The molecule has 0 atom stereocenters. The van der Waals surface area contributed by atoms with Crippen molar-refractivity contribution in [1.29, 1.82) is 0 Å². The molecule has 0 saturated carbocycles. The number of hydrazine groups is 1. The largest absolute Gasteiger partial charge is 0.312 e. The van der Waals surface area contributed by atoms with Gasteiger partial charge in [0.25, 0.3) is 11.8 Å². The average Bonchev–Trinajstić information content (AvgIpc) is 3.55. The summed E-state index contributed by atoms with van der Waals surface area (Å²) in [5.41, 5.74) is 8.38.